The van der Waals surface area contributed by atoms with E-state index >= 15 is 0 Å². The molecule has 1 N–H and O–H groups in total. The molecule has 3 aliphatic rings. The molecule has 1 saturated carbocycles. The summed E-state index contributed by atoms with van der Waals surface area (Å²) in [6, 6.07) is 8.68. The molecule has 0 radical (unpaired) electrons. The average molecular weight is 370 g/mol. The molecule has 1 aromatic carbocycles. The molecule has 27 heavy (non-hydrogen) atoms. The minimum atomic E-state index is 0.0369. The molecule has 0 unspecified atom stereocenters. The molecule has 2 fully saturated rings. The lowest BCUT2D eigenvalue weighted by Gasteiger charge is -2.37. The Bertz CT molecular complexity index is 676. The maximum absolute atomic E-state index is 13.1. The Hall–Kier alpha value is -2.04. The summed E-state index contributed by atoms with van der Waals surface area (Å²) in [7, 11) is 0. The van der Waals surface area contributed by atoms with Gasteiger partial charge in [0.15, 0.2) is 0 Å². The van der Waals surface area contributed by atoms with Gasteiger partial charge in [0, 0.05) is 37.3 Å². The van der Waals surface area contributed by atoms with Crippen LogP contribution in [0.25, 0.3) is 0 Å². The van der Waals surface area contributed by atoms with Gasteiger partial charge in [-0.05, 0) is 50.2 Å². The van der Waals surface area contributed by atoms with Gasteiger partial charge in [0.05, 0.1) is 0 Å². The summed E-state index contributed by atoms with van der Waals surface area (Å²) in [5.41, 5.74) is 2.37. The Kier molecular flexibility index (Phi) is 5.65. The molecule has 1 aliphatic carbocycles. The molecule has 5 heteroatoms. The third-order valence-electron chi connectivity index (χ3n) is 6.44. The van der Waals surface area contributed by atoms with Crippen LogP contribution in [0.2, 0.25) is 0 Å². The van der Waals surface area contributed by atoms with Crippen molar-refractivity contribution in [2.24, 2.45) is 5.92 Å². The Morgan fingerprint density at radius 2 is 1.63 bits per heavy atom. The van der Waals surface area contributed by atoms with Crippen molar-refractivity contribution < 1.29 is 9.59 Å². The minimum Gasteiger partial charge on any atom is -0.335 e. The smallest absolute Gasteiger partial charge is 0.317 e. The van der Waals surface area contributed by atoms with Crippen molar-refractivity contribution in [2.45, 2.75) is 63.8 Å². The Morgan fingerprint density at radius 3 is 2.41 bits per heavy atom. The van der Waals surface area contributed by atoms with Crippen molar-refractivity contribution in [3.63, 3.8) is 0 Å². The van der Waals surface area contributed by atoms with Crippen LogP contribution >= 0.6 is 0 Å². The standard InChI is InChI=1S/C22H31N3O2/c26-21(25-14-6-8-17-7-4-5-11-20(17)25)18-12-15-24(16-13-18)22(27)23-19-9-2-1-3-10-19/h4-5,7,11,18-19H,1-3,6,8-10,12-16H2,(H,23,27). The van der Waals surface area contributed by atoms with Crippen LogP contribution < -0.4 is 10.2 Å². The van der Waals surface area contributed by atoms with Gasteiger partial charge in [-0.1, -0.05) is 37.5 Å². The van der Waals surface area contributed by atoms with Gasteiger partial charge in [0.1, 0.15) is 0 Å². The topological polar surface area (TPSA) is 52.7 Å². The number of benzene rings is 1. The van der Waals surface area contributed by atoms with Crippen molar-refractivity contribution in [3.05, 3.63) is 29.8 Å². The molecule has 2 heterocycles. The number of nitrogens with zero attached hydrogens (tertiary/aromatic N) is 2. The first-order valence-electron chi connectivity index (χ1n) is 10.7. The number of hydrogen-bond acceptors (Lipinski definition) is 2. The molecule has 0 spiro atoms. The predicted octanol–water partition coefficient (Wildman–Crippen LogP) is 3.72. The zero-order valence-corrected chi connectivity index (χ0v) is 16.2. The molecule has 3 amide bonds. The predicted molar refractivity (Wildman–Crippen MR) is 107 cm³/mol. The Morgan fingerprint density at radius 1 is 0.889 bits per heavy atom. The van der Waals surface area contributed by atoms with Crippen LogP contribution in [0.1, 0.15) is 56.9 Å². The summed E-state index contributed by atoms with van der Waals surface area (Å²) in [4.78, 5) is 29.5. The number of para-hydroxylation sites is 1. The number of anilines is 1. The van der Waals surface area contributed by atoms with E-state index in [-0.39, 0.29) is 17.9 Å². The average Bonchev–Trinajstić information content (AvgIpc) is 2.73. The second-order valence-electron chi connectivity index (χ2n) is 8.27. The van der Waals surface area contributed by atoms with Crippen molar-refractivity contribution >= 4 is 17.6 Å². The summed E-state index contributed by atoms with van der Waals surface area (Å²) in [6.07, 6.45) is 9.58. The Labute approximate surface area is 162 Å². The van der Waals surface area contributed by atoms with E-state index in [1.54, 1.807) is 0 Å². The number of amides is 3. The van der Waals surface area contributed by atoms with Crippen LogP contribution in [0.4, 0.5) is 10.5 Å². The van der Waals surface area contributed by atoms with Gasteiger partial charge in [-0.2, -0.15) is 0 Å². The lowest BCUT2D eigenvalue weighted by Crippen LogP contribution is -2.50. The van der Waals surface area contributed by atoms with Crippen LogP contribution in [0.3, 0.4) is 0 Å². The van der Waals surface area contributed by atoms with Crippen LogP contribution in [0, 0.1) is 5.92 Å². The second-order valence-corrected chi connectivity index (χ2v) is 8.27. The fraction of sp³-hybridized carbons (Fsp3) is 0.636. The molecule has 0 bridgehead atoms. The lowest BCUT2D eigenvalue weighted by molar-refractivity contribution is -0.123. The molecular weight excluding hydrogens is 338 g/mol. The summed E-state index contributed by atoms with van der Waals surface area (Å²) < 4.78 is 0. The van der Waals surface area contributed by atoms with Gasteiger partial charge < -0.3 is 15.1 Å². The van der Waals surface area contributed by atoms with E-state index in [0.717, 1.165) is 50.8 Å². The van der Waals surface area contributed by atoms with E-state index < -0.39 is 0 Å². The number of fused-ring (bicyclic) bond motifs is 1. The van der Waals surface area contributed by atoms with Gasteiger partial charge in [-0.3, -0.25) is 4.79 Å². The summed E-state index contributed by atoms with van der Waals surface area (Å²) in [5, 5.41) is 3.20. The zero-order valence-electron chi connectivity index (χ0n) is 16.2. The number of carbonyl (C=O) groups excluding carboxylic acids is 2. The van der Waals surface area contributed by atoms with Gasteiger partial charge >= 0.3 is 6.03 Å². The summed E-state index contributed by atoms with van der Waals surface area (Å²) in [6.45, 7) is 2.19. The highest BCUT2D eigenvalue weighted by molar-refractivity contribution is 5.96. The summed E-state index contributed by atoms with van der Waals surface area (Å²) in [5.74, 6) is 0.282. The van der Waals surface area contributed by atoms with Crippen molar-refractivity contribution in [1.29, 1.82) is 0 Å². The molecule has 2 aliphatic heterocycles. The molecule has 5 nitrogen and oxygen atoms in total. The number of rotatable bonds is 2. The number of aryl methyl sites for hydroxylation is 1. The minimum absolute atomic E-state index is 0.0369. The van der Waals surface area contributed by atoms with E-state index in [9.17, 15) is 9.59 Å². The largest absolute Gasteiger partial charge is 0.335 e. The van der Waals surface area contributed by atoms with Gasteiger partial charge in [-0.15, -0.1) is 0 Å². The number of carbonyl (C=O) groups is 2. The maximum atomic E-state index is 13.1. The van der Waals surface area contributed by atoms with Crippen molar-refractivity contribution in [1.82, 2.24) is 10.2 Å². The van der Waals surface area contributed by atoms with E-state index in [4.69, 9.17) is 0 Å². The maximum Gasteiger partial charge on any atom is 0.317 e. The van der Waals surface area contributed by atoms with E-state index in [2.05, 4.69) is 23.5 Å². The van der Waals surface area contributed by atoms with Crippen LogP contribution in [0.15, 0.2) is 24.3 Å². The molecule has 1 saturated heterocycles. The van der Waals surface area contributed by atoms with Crippen molar-refractivity contribution in [3.8, 4) is 0 Å². The van der Waals surface area contributed by atoms with Gasteiger partial charge in [0.25, 0.3) is 0 Å². The molecule has 0 atom stereocenters. The van der Waals surface area contributed by atoms with Gasteiger partial charge in [0.2, 0.25) is 5.91 Å². The number of hydrogen-bond donors (Lipinski definition) is 1. The third kappa shape index (κ3) is 4.12. The first-order valence-corrected chi connectivity index (χ1v) is 10.7. The summed E-state index contributed by atoms with van der Waals surface area (Å²) >= 11 is 0. The molecule has 146 valence electrons. The first kappa shape index (κ1) is 18.3. The Balaban J connectivity index is 1.31. The van der Waals surface area contributed by atoms with Crippen molar-refractivity contribution in [2.75, 3.05) is 24.5 Å². The highest BCUT2D eigenvalue weighted by atomic mass is 16.2. The molecule has 4 rings (SSSR count). The van der Waals surface area contributed by atoms with E-state index in [1.807, 2.05) is 15.9 Å². The highest BCUT2D eigenvalue weighted by Crippen LogP contribution is 2.30. The van der Waals surface area contributed by atoms with Crippen LogP contribution in [0.5, 0.6) is 0 Å². The fourth-order valence-electron chi connectivity index (χ4n) is 4.83. The first-order chi connectivity index (χ1) is 13.2. The van der Waals surface area contributed by atoms with Crippen LogP contribution in [-0.4, -0.2) is 42.5 Å². The SMILES string of the molecule is O=C(NC1CCCCC1)N1CCC(C(=O)N2CCCc3ccccc32)CC1. The van der Waals surface area contributed by atoms with E-state index in [1.165, 1.54) is 24.8 Å². The number of nitrogens with one attached hydrogen (secondary N) is 1. The fourth-order valence-corrected chi connectivity index (χ4v) is 4.83. The highest BCUT2D eigenvalue weighted by Gasteiger charge is 2.32. The zero-order chi connectivity index (χ0) is 18.6. The number of piperidine rings is 1. The monoisotopic (exact) mass is 369 g/mol. The molecule has 1 aromatic rings. The van der Waals surface area contributed by atoms with Crippen LogP contribution in [-0.2, 0) is 11.2 Å². The molecule has 0 aromatic heterocycles. The normalized spacial score (nSPS) is 21.6. The quantitative estimate of drug-likeness (QED) is 0.864. The number of urea groups is 1. The number of likely N-dealkylation sites (tertiary alicyclic amines) is 1. The van der Waals surface area contributed by atoms with Gasteiger partial charge in [-0.25, -0.2) is 4.79 Å². The third-order valence-corrected chi connectivity index (χ3v) is 6.44. The molecular formula is C22H31N3O2. The second kappa shape index (κ2) is 8.32. The lowest BCUT2D eigenvalue weighted by atomic mass is 9.93. The van der Waals surface area contributed by atoms with E-state index in [0.29, 0.717) is 19.1 Å².